The number of sulfone groups is 1. The van der Waals surface area contributed by atoms with E-state index in [0.717, 1.165) is 6.08 Å². The average Bonchev–Trinajstić information content (AvgIpc) is 3.38. The largest absolute Gasteiger partial charge is 0.383 e. The standard InChI is InChI=1S/C21H26FN3O4S/c1-3-17(22)16-6-4-5-7-19(16)30(27,28)15-12-18(25(13-15)10-11-29-2)20(26)24-21(14-23)8-9-21/h3-7,15,17-18H,1,8-13H2,2H3,(H,24,26). The van der Waals surface area contributed by atoms with E-state index in [2.05, 4.69) is 18.0 Å². The van der Waals surface area contributed by atoms with Crippen LogP contribution in [0.4, 0.5) is 4.39 Å². The number of carbonyl (C=O) groups excluding carboxylic acids is 1. The van der Waals surface area contributed by atoms with E-state index >= 15 is 0 Å². The second-order valence-corrected chi connectivity index (χ2v) is 9.96. The van der Waals surface area contributed by atoms with Gasteiger partial charge in [0.15, 0.2) is 9.84 Å². The lowest BCUT2D eigenvalue weighted by Gasteiger charge is -2.24. The molecule has 2 fully saturated rings. The lowest BCUT2D eigenvalue weighted by Crippen LogP contribution is -2.48. The van der Waals surface area contributed by atoms with Crippen molar-refractivity contribution in [3.8, 4) is 6.07 Å². The minimum atomic E-state index is -3.90. The van der Waals surface area contributed by atoms with Crippen LogP contribution >= 0.6 is 0 Å². The van der Waals surface area contributed by atoms with Gasteiger partial charge in [0.2, 0.25) is 5.91 Å². The van der Waals surface area contributed by atoms with Crippen molar-refractivity contribution in [3.05, 3.63) is 42.5 Å². The molecule has 1 aliphatic carbocycles. The molecule has 1 saturated heterocycles. The van der Waals surface area contributed by atoms with Crippen molar-refractivity contribution in [3.63, 3.8) is 0 Å². The van der Waals surface area contributed by atoms with Crippen molar-refractivity contribution in [2.24, 2.45) is 0 Å². The number of carbonyl (C=O) groups is 1. The summed E-state index contributed by atoms with van der Waals surface area (Å²) in [6.45, 7) is 4.25. The topological polar surface area (TPSA) is 99.5 Å². The first-order valence-electron chi connectivity index (χ1n) is 9.83. The van der Waals surface area contributed by atoms with Crippen LogP contribution in [-0.2, 0) is 19.4 Å². The Hall–Kier alpha value is -2.28. The summed E-state index contributed by atoms with van der Waals surface area (Å²) in [6, 6.07) is 7.38. The van der Waals surface area contributed by atoms with E-state index in [0.29, 0.717) is 26.0 Å². The van der Waals surface area contributed by atoms with Gasteiger partial charge in [-0.3, -0.25) is 9.69 Å². The van der Waals surface area contributed by atoms with Gasteiger partial charge in [0.05, 0.1) is 28.9 Å². The second kappa shape index (κ2) is 8.84. The summed E-state index contributed by atoms with van der Waals surface area (Å²) in [5, 5.41) is 11.1. The number of likely N-dealkylation sites (tertiary alicyclic amines) is 1. The van der Waals surface area contributed by atoms with Crippen LogP contribution in [0, 0.1) is 11.3 Å². The van der Waals surface area contributed by atoms with Gasteiger partial charge in [-0.05, 0) is 25.3 Å². The molecule has 0 aromatic heterocycles. The normalized spacial score (nSPS) is 24.0. The van der Waals surface area contributed by atoms with Gasteiger partial charge in [0.25, 0.3) is 0 Å². The predicted octanol–water partition coefficient (Wildman–Crippen LogP) is 1.92. The van der Waals surface area contributed by atoms with Crippen molar-refractivity contribution in [1.29, 1.82) is 5.26 Å². The van der Waals surface area contributed by atoms with Gasteiger partial charge < -0.3 is 10.1 Å². The SMILES string of the molecule is C=CC(F)c1ccccc1S(=O)(=O)C1CC(C(=O)NC2(C#N)CC2)N(CCOC)C1. The van der Waals surface area contributed by atoms with E-state index < -0.39 is 32.8 Å². The number of hydrogen-bond donors (Lipinski definition) is 1. The number of nitrogens with zero attached hydrogens (tertiary/aromatic N) is 2. The van der Waals surface area contributed by atoms with Crippen molar-refractivity contribution < 1.29 is 22.3 Å². The molecule has 162 valence electrons. The molecule has 3 rings (SSSR count). The average molecular weight is 436 g/mol. The molecular formula is C21H26FN3O4S. The van der Waals surface area contributed by atoms with Crippen LogP contribution in [0.25, 0.3) is 0 Å². The number of methoxy groups -OCH3 is 1. The highest BCUT2D eigenvalue weighted by molar-refractivity contribution is 7.92. The van der Waals surface area contributed by atoms with Crippen LogP contribution in [0.3, 0.4) is 0 Å². The molecule has 1 aromatic carbocycles. The van der Waals surface area contributed by atoms with Crippen molar-refractivity contribution in [2.75, 3.05) is 26.8 Å². The minimum Gasteiger partial charge on any atom is -0.383 e. The Kier molecular flexibility index (Phi) is 6.60. The van der Waals surface area contributed by atoms with Gasteiger partial charge in [-0.25, -0.2) is 12.8 Å². The first-order valence-corrected chi connectivity index (χ1v) is 11.4. The van der Waals surface area contributed by atoms with Crippen LogP contribution < -0.4 is 5.32 Å². The third-order valence-electron chi connectivity index (χ3n) is 5.75. The van der Waals surface area contributed by atoms with Crippen LogP contribution in [0.2, 0.25) is 0 Å². The Morgan fingerprint density at radius 1 is 1.50 bits per heavy atom. The molecule has 0 spiro atoms. The van der Waals surface area contributed by atoms with Gasteiger partial charge in [-0.2, -0.15) is 5.26 Å². The Morgan fingerprint density at radius 2 is 2.20 bits per heavy atom. The number of amides is 1. The van der Waals surface area contributed by atoms with Gasteiger partial charge in [-0.1, -0.05) is 30.9 Å². The van der Waals surface area contributed by atoms with Crippen molar-refractivity contribution in [1.82, 2.24) is 10.2 Å². The molecule has 1 aromatic rings. The summed E-state index contributed by atoms with van der Waals surface area (Å²) in [6.07, 6.45) is 0.703. The van der Waals surface area contributed by atoms with Crippen molar-refractivity contribution >= 4 is 15.7 Å². The number of benzene rings is 1. The van der Waals surface area contributed by atoms with E-state index in [1.54, 1.807) is 17.0 Å². The van der Waals surface area contributed by atoms with E-state index in [1.807, 2.05) is 0 Å². The number of nitrogens with one attached hydrogen (secondary N) is 1. The summed E-state index contributed by atoms with van der Waals surface area (Å²) in [4.78, 5) is 14.5. The number of hydrogen-bond acceptors (Lipinski definition) is 6. The highest BCUT2D eigenvalue weighted by atomic mass is 32.2. The first kappa shape index (κ1) is 22.4. The molecule has 7 nitrogen and oxygen atoms in total. The van der Waals surface area contributed by atoms with Crippen molar-refractivity contribution in [2.45, 2.75) is 47.2 Å². The fraction of sp³-hybridized carbons (Fsp3) is 0.524. The number of alkyl halides is 1. The highest BCUT2D eigenvalue weighted by Crippen LogP contribution is 2.36. The maximum Gasteiger partial charge on any atom is 0.238 e. The summed E-state index contributed by atoms with van der Waals surface area (Å²) in [5.41, 5.74) is -0.788. The van der Waals surface area contributed by atoms with Crippen LogP contribution in [0.5, 0.6) is 0 Å². The van der Waals surface area contributed by atoms with E-state index in [9.17, 15) is 22.9 Å². The summed E-state index contributed by atoms with van der Waals surface area (Å²) < 4.78 is 46.2. The Balaban J connectivity index is 1.86. The molecule has 1 heterocycles. The van der Waals surface area contributed by atoms with Gasteiger partial charge in [0.1, 0.15) is 11.7 Å². The number of ether oxygens (including phenoxy) is 1. The lowest BCUT2D eigenvalue weighted by atomic mass is 10.1. The molecule has 0 radical (unpaired) electrons. The lowest BCUT2D eigenvalue weighted by molar-refractivity contribution is -0.126. The zero-order chi connectivity index (χ0) is 21.9. The molecule has 1 N–H and O–H groups in total. The number of halogens is 1. The molecular weight excluding hydrogens is 409 g/mol. The number of rotatable bonds is 9. The molecule has 9 heteroatoms. The van der Waals surface area contributed by atoms with E-state index in [1.165, 1.54) is 19.2 Å². The Morgan fingerprint density at radius 3 is 2.80 bits per heavy atom. The first-order chi connectivity index (χ1) is 14.3. The molecule has 1 saturated carbocycles. The van der Waals surface area contributed by atoms with E-state index in [4.69, 9.17) is 4.74 Å². The Labute approximate surface area is 176 Å². The zero-order valence-corrected chi connectivity index (χ0v) is 17.7. The van der Waals surface area contributed by atoms with Gasteiger partial charge >= 0.3 is 0 Å². The third-order valence-corrected chi connectivity index (χ3v) is 7.95. The molecule has 30 heavy (non-hydrogen) atoms. The number of allylic oxidation sites excluding steroid dienone is 1. The fourth-order valence-corrected chi connectivity index (χ4v) is 5.76. The molecule has 2 aliphatic rings. The quantitative estimate of drug-likeness (QED) is 0.595. The summed E-state index contributed by atoms with van der Waals surface area (Å²) in [5.74, 6) is -0.356. The maximum absolute atomic E-state index is 14.3. The molecule has 3 unspecified atom stereocenters. The van der Waals surface area contributed by atoms with Crippen LogP contribution in [-0.4, -0.2) is 62.9 Å². The molecule has 1 aliphatic heterocycles. The molecule has 0 bridgehead atoms. The predicted molar refractivity (Wildman–Crippen MR) is 109 cm³/mol. The second-order valence-electron chi connectivity index (χ2n) is 7.76. The third kappa shape index (κ3) is 4.41. The monoisotopic (exact) mass is 435 g/mol. The summed E-state index contributed by atoms with van der Waals surface area (Å²) in [7, 11) is -2.37. The minimum absolute atomic E-state index is 0.0465. The molecule has 1 amide bonds. The smallest absolute Gasteiger partial charge is 0.238 e. The highest BCUT2D eigenvalue weighted by Gasteiger charge is 2.49. The van der Waals surface area contributed by atoms with Gasteiger partial charge in [-0.15, -0.1) is 0 Å². The Bertz CT molecular complexity index is 955. The zero-order valence-electron chi connectivity index (χ0n) is 16.9. The number of nitriles is 1. The van der Waals surface area contributed by atoms with Gasteiger partial charge in [0, 0.05) is 25.8 Å². The van der Waals surface area contributed by atoms with E-state index in [-0.39, 0.29) is 29.3 Å². The summed E-state index contributed by atoms with van der Waals surface area (Å²) >= 11 is 0. The molecule has 3 atom stereocenters. The van der Waals surface area contributed by atoms with Crippen LogP contribution in [0.1, 0.15) is 31.0 Å². The van der Waals surface area contributed by atoms with Crippen LogP contribution in [0.15, 0.2) is 41.8 Å². The maximum atomic E-state index is 14.3. The fourth-order valence-electron chi connectivity index (χ4n) is 3.80.